The van der Waals surface area contributed by atoms with Gasteiger partial charge < -0.3 is 9.52 Å². The van der Waals surface area contributed by atoms with E-state index in [9.17, 15) is 9.50 Å². The number of benzene rings is 1. The summed E-state index contributed by atoms with van der Waals surface area (Å²) in [6.45, 7) is 1.62. The first-order valence-corrected chi connectivity index (χ1v) is 6.69. The lowest BCUT2D eigenvalue weighted by Crippen LogP contribution is -2.31. The summed E-state index contributed by atoms with van der Waals surface area (Å²) in [7, 11) is 0. The second kappa shape index (κ2) is 5.68. The number of halogens is 1. The standard InChI is InChI=1S/C14H16FN3O2/c15-11-5-3-10(4-6-11)14-17-16-13(20-14)8-18-7-1-2-12(18)9-19/h3-6,12,19H,1-2,7-9H2/t12-/m0/s1. The summed E-state index contributed by atoms with van der Waals surface area (Å²) in [6.07, 6.45) is 2.07. The van der Waals surface area contributed by atoms with E-state index in [4.69, 9.17) is 4.42 Å². The minimum absolute atomic E-state index is 0.152. The quantitative estimate of drug-likeness (QED) is 0.923. The molecule has 3 rings (SSSR count). The van der Waals surface area contributed by atoms with Crippen LogP contribution in [0.15, 0.2) is 28.7 Å². The summed E-state index contributed by atoms with van der Waals surface area (Å²) < 4.78 is 18.5. The molecule has 1 aliphatic heterocycles. The maximum Gasteiger partial charge on any atom is 0.247 e. The molecule has 1 aliphatic rings. The van der Waals surface area contributed by atoms with Gasteiger partial charge in [0, 0.05) is 11.6 Å². The van der Waals surface area contributed by atoms with Crippen molar-refractivity contribution in [3.05, 3.63) is 36.0 Å². The van der Waals surface area contributed by atoms with Gasteiger partial charge in [0.05, 0.1) is 13.2 Å². The number of nitrogens with zero attached hydrogens (tertiary/aromatic N) is 3. The average Bonchev–Trinajstić information content (AvgIpc) is 3.09. The number of likely N-dealkylation sites (tertiary alicyclic amines) is 1. The highest BCUT2D eigenvalue weighted by molar-refractivity contribution is 5.51. The van der Waals surface area contributed by atoms with Gasteiger partial charge in [0.1, 0.15) is 5.82 Å². The Hall–Kier alpha value is -1.79. The molecule has 2 heterocycles. The Bertz CT molecular complexity index is 570. The lowest BCUT2D eigenvalue weighted by molar-refractivity contribution is 0.144. The predicted molar refractivity (Wildman–Crippen MR) is 70.2 cm³/mol. The third-order valence-electron chi connectivity index (χ3n) is 3.61. The molecule has 0 saturated carbocycles. The fraction of sp³-hybridized carbons (Fsp3) is 0.429. The van der Waals surface area contributed by atoms with E-state index in [0.29, 0.717) is 23.9 Å². The van der Waals surface area contributed by atoms with Crippen LogP contribution < -0.4 is 0 Å². The normalized spacial score (nSPS) is 19.6. The number of aromatic nitrogens is 2. The highest BCUT2D eigenvalue weighted by Crippen LogP contribution is 2.22. The SMILES string of the molecule is OC[C@@H]1CCCN1Cc1nnc(-c2ccc(F)cc2)o1. The number of aliphatic hydroxyl groups is 1. The molecule has 1 fully saturated rings. The Morgan fingerprint density at radius 2 is 2.10 bits per heavy atom. The van der Waals surface area contributed by atoms with Gasteiger partial charge in [0.25, 0.3) is 0 Å². The van der Waals surface area contributed by atoms with Crippen molar-refractivity contribution in [1.82, 2.24) is 15.1 Å². The van der Waals surface area contributed by atoms with Crippen LogP contribution in [-0.2, 0) is 6.54 Å². The maximum atomic E-state index is 12.9. The number of hydrogen-bond donors (Lipinski definition) is 1. The van der Waals surface area contributed by atoms with Gasteiger partial charge in [-0.1, -0.05) is 0 Å². The molecule has 20 heavy (non-hydrogen) atoms. The van der Waals surface area contributed by atoms with Crippen LogP contribution in [0.5, 0.6) is 0 Å². The first-order chi connectivity index (χ1) is 9.76. The molecule has 1 atom stereocenters. The highest BCUT2D eigenvalue weighted by Gasteiger charge is 2.25. The number of rotatable bonds is 4. The van der Waals surface area contributed by atoms with Crippen LogP contribution in [0.2, 0.25) is 0 Å². The van der Waals surface area contributed by atoms with Crippen LogP contribution in [0.25, 0.3) is 11.5 Å². The Balaban J connectivity index is 1.72. The Labute approximate surface area is 116 Å². The summed E-state index contributed by atoms with van der Waals surface area (Å²) in [5.74, 6) is 0.612. The fourth-order valence-corrected chi connectivity index (χ4v) is 2.51. The summed E-state index contributed by atoms with van der Waals surface area (Å²) >= 11 is 0. The van der Waals surface area contributed by atoms with Gasteiger partial charge >= 0.3 is 0 Å². The molecular weight excluding hydrogens is 261 g/mol. The average molecular weight is 277 g/mol. The Kier molecular flexibility index (Phi) is 3.75. The van der Waals surface area contributed by atoms with Gasteiger partial charge in [0.2, 0.25) is 11.8 Å². The minimum Gasteiger partial charge on any atom is -0.419 e. The fourth-order valence-electron chi connectivity index (χ4n) is 2.51. The van der Waals surface area contributed by atoms with Crippen LogP contribution in [0.4, 0.5) is 4.39 Å². The Morgan fingerprint density at radius 3 is 2.85 bits per heavy atom. The van der Waals surface area contributed by atoms with Gasteiger partial charge in [-0.2, -0.15) is 0 Å². The van der Waals surface area contributed by atoms with Crippen LogP contribution in [0, 0.1) is 5.82 Å². The van der Waals surface area contributed by atoms with Crippen LogP contribution in [0.3, 0.4) is 0 Å². The Morgan fingerprint density at radius 1 is 1.30 bits per heavy atom. The first-order valence-electron chi connectivity index (χ1n) is 6.69. The summed E-state index contributed by atoms with van der Waals surface area (Å²) in [5, 5.41) is 17.3. The topological polar surface area (TPSA) is 62.4 Å². The smallest absolute Gasteiger partial charge is 0.247 e. The lowest BCUT2D eigenvalue weighted by atomic mass is 10.2. The van der Waals surface area contributed by atoms with Gasteiger partial charge in [-0.05, 0) is 43.7 Å². The van der Waals surface area contributed by atoms with E-state index >= 15 is 0 Å². The molecule has 106 valence electrons. The predicted octanol–water partition coefficient (Wildman–Crippen LogP) is 1.83. The van der Waals surface area contributed by atoms with E-state index in [-0.39, 0.29) is 18.5 Å². The molecule has 0 radical (unpaired) electrons. The van der Waals surface area contributed by atoms with Gasteiger partial charge in [-0.3, -0.25) is 4.90 Å². The largest absolute Gasteiger partial charge is 0.419 e. The van der Waals surface area contributed by atoms with Crippen molar-refractivity contribution in [2.24, 2.45) is 0 Å². The molecule has 0 spiro atoms. The molecule has 0 unspecified atom stereocenters. The van der Waals surface area contributed by atoms with E-state index in [1.807, 2.05) is 0 Å². The number of aliphatic hydroxyl groups excluding tert-OH is 1. The van der Waals surface area contributed by atoms with Crippen molar-refractivity contribution in [2.45, 2.75) is 25.4 Å². The second-order valence-corrected chi connectivity index (χ2v) is 4.96. The molecule has 2 aromatic rings. The molecule has 1 N–H and O–H groups in total. The van der Waals surface area contributed by atoms with Gasteiger partial charge in [-0.15, -0.1) is 10.2 Å². The van der Waals surface area contributed by atoms with E-state index < -0.39 is 0 Å². The van der Waals surface area contributed by atoms with Crippen molar-refractivity contribution in [3.8, 4) is 11.5 Å². The molecular formula is C14H16FN3O2. The molecule has 1 saturated heterocycles. The third kappa shape index (κ3) is 2.71. The molecule has 6 heteroatoms. The zero-order valence-electron chi connectivity index (χ0n) is 11.0. The zero-order chi connectivity index (χ0) is 13.9. The molecule has 0 amide bonds. The van der Waals surface area contributed by atoms with Crippen LogP contribution in [-0.4, -0.2) is 39.4 Å². The molecule has 1 aromatic heterocycles. The van der Waals surface area contributed by atoms with E-state index in [2.05, 4.69) is 15.1 Å². The van der Waals surface area contributed by atoms with Crippen molar-refractivity contribution in [3.63, 3.8) is 0 Å². The van der Waals surface area contributed by atoms with Gasteiger partial charge in [0.15, 0.2) is 0 Å². The van der Waals surface area contributed by atoms with E-state index in [1.54, 1.807) is 12.1 Å². The maximum absolute atomic E-state index is 12.9. The van der Waals surface area contributed by atoms with Crippen LogP contribution in [0.1, 0.15) is 18.7 Å². The lowest BCUT2D eigenvalue weighted by Gasteiger charge is -2.20. The second-order valence-electron chi connectivity index (χ2n) is 4.96. The third-order valence-corrected chi connectivity index (χ3v) is 3.61. The van der Waals surface area contributed by atoms with Crippen LogP contribution >= 0.6 is 0 Å². The summed E-state index contributed by atoms with van der Waals surface area (Å²) in [6, 6.07) is 6.12. The molecule has 0 bridgehead atoms. The zero-order valence-corrected chi connectivity index (χ0v) is 11.0. The van der Waals surface area contributed by atoms with Crippen molar-refractivity contribution in [2.75, 3.05) is 13.2 Å². The van der Waals surface area contributed by atoms with Gasteiger partial charge in [-0.25, -0.2) is 4.39 Å². The monoisotopic (exact) mass is 277 g/mol. The van der Waals surface area contributed by atoms with Crippen molar-refractivity contribution in [1.29, 1.82) is 0 Å². The summed E-state index contributed by atoms with van der Waals surface area (Å²) in [4.78, 5) is 2.14. The molecule has 5 nitrogen and oxygen atoms in total. The number of hydrogen-bond acceptors (Lipinski definition) is 5. The minimum atomic E-state index is -0.295. The van der Waals surface area contributed by atoms with Crippen molar-refractivity contribution >= 4 is 0 Å². The molecule has 1 aromatic carbocycles. The summed E-state index contributed by atoms with van der Waals surface area (Å²) in [5.41, 5.74) is 0.699. The molecule has 0 aliphatic carbocycles. The first kappa shape index (κ1) is 13.2. The van der Waals surface area contributed by atoms with Crippen molar-refractivity contribution < 1.29 is 13.9 Å². The van der Waals surface area contributed by atoms with E-state index in [0.717, 1.165) is 19.4 Å². The van der Waals surface area contributed by atoms with E-state index in [1.165, 1.54) is 12.1 Å². The highest BCUT2D eigenvalue weighted by atomic mass is 19.1.